The van der Waals surface area contributed by atoms with Crippen LogP contribution in [-0.4, -0.2) is 12.1 Å². The molecule has 2 aromatic carbocycles. The first-order valence-corrected chi connectivity index (χ1v) is 5.68. The molecule has 96 valence electrons. The van der Waals surface area contributed by atoms with E-state index in [9.17, 15) is 4.39 Å². The summed E-state index contributed by atoms with van der Waals surface area (Å²) in [6.07, 6.45) is 0. The van der Waals surface area contributed by atoms with Gasteiger partial charge in [-0.25, -0.2) is 9.37 Å². The van der Waals surface area contributed by atoms with Gasteiger partial charge in [-0.15, -0.1) is 0 Å². The Morgan fingerprint density at radius 1 is 1.21 bits per heavy atom. The highest BCUT2D eigenvalue weighted by atomic mass is 19.1. The minimum absolute atomic E-state index is 0.148. The maximum absolute atomic E-state index is 13.8. The maximum Gasteiger partial charge on any atom is 0.232 e. The Hall–Kier alpha value is -2.56. The van der Waals surface area contributed by atoms with Crippen LogP contribution in [0.4, 0.5) is 10.1 Å². The van der Waals surface area contributed by atoms with Gasteiger partial charge in [-0.1, -0.05) is 12.1 Å². The number of hydrogen-bond donors (Lipinski definition) is 1. The summed E-state index contributed by atoms with van der Waals surface area (Å²) >= 11 is 0. The number of halogens is 1. The van der Waals surface area contributed by atoms with Gasteiger partial charge in [0.15, 0.2) is 11.1 Å². The van der Waals surface area contributed by atoms with Gasteiger partial charge in [0.2, 0.25) is 5.89 Å². The van der Waals surface area contributed by atoms with Crippen LogP contribution in [0, 0.1) is 5.82 Å². The predicted molar refractivity (Wildman–Crippen MR) is 70.4 cm³/mol. The number of nitrogen functional groups attached to an aromatic ring is 1. The molecule has 0 aliphatic rings. The molecule has 0 unspecified atom stereocenters. The molecule has 0 amide bonds. The van der Waals surface area contributed by atoms with Crippen LogP contribution in [0.3, 0.4) is 0 Å². The smallest absolute Gasteiger partial charge is 0.232 e. The van der Waals surface area contributed by atoms with Crippen molar-refractivity contribution in [3.05, 3.63) is 42.2 Å². The first-order chi connectivity index (χ1) is 9.20. The second-order valence-corrected chi connectivity index (χ2v) is 4.03. The molecule has 0 aliphatic carbocycles. The predicted octanol–water partition coefficient (Wildman–Crippen LogP) is 3.22. The lowest BCUT2D eigenvalue weighted by atomic mass is 10.1. The molecule has 0 fully saturated rings. The summed E-state index contributed by atoms with van der Waals surface area (Å²) in [5.41, 5.74) is 7.29. The van der Waals surface area contributed by atoms with E-state index in [1.165, 1.54) is 12.1 Å². The van der Waals surface area contributed by atoms with Crippen LogP contribution in [0.15, 0.2) is 40.8 Å². The van der Waals surface area contributed by atoms with Gasteiger partial charge in [0.05, 0.1) is 12.7 Å². The Balaban J connectivity index is 2.27. The van der Waals surface area contributed by atoms with Crippen molar-refractivity contribution in [1.29, 1.82) is 0 Å². The lowest BCUT2D eigenvalue weighted by molar-refractivity contribution is 0.419. The molecular formula is C14H11FN2O2. The number of anilines is 1. The average Bonchev–Trinajstić information content (AvgIpc) is 2.81. The molecule has 1 aromatic heterocycles. The minimum Gasteiger partial charge on any atom is -0.494 e. The molecule has 0 saturated carbocycles. The molecule has 0 aliphatic heterocycles. The number of oxazole rings is 1. The van der Waals surface area contributed by atoms with Crippen LogP contribution < -0.4 is 10.5 Å². The van der Waals surface area contributed by atoms with Crippen LogP contribution in [0.25, 0.3) is 22.6 Å². The highest BCUT2D eigenvalue weighted by Gasteiger charge is 2.17. The number of fused-ring (bicyclic) bond motifs is 1. The van der Waals surface area contributed by atoms with Gasteiger partial charge in [-0.3, -0.25) is 0 Å². The van der Waals surface area contributed by atoms with E-state index in [0.29, 0.717) is 16.8 Å². The van der Waals surface area contributed by atoms with Crippen LogP contribution >= 0.6 is 0 Å². The maximum atomic E-state index is 13.8. The van der Waals surface area contributed by atoms with Crippen molar-refractivity contribution in [2.45, 2.75) is 0 Å². The fourth-order valence-corrected chi connectivity index (χ4v) is 1.96. The van der Waals surface area contributed by atoms with Crippen molar-refractivity contribution in [2.24, 2.45) is 0 Å². The first kappa shape index (κ1) is 11.5. The van der Waals surface area contributed by atoms with Crippen LogP contribution in [-0.2, 0) is 0 Å². The number of nitrogens with zero attached hydrogens (tertiary/aromatic N) is 1. The third-order valence-electron chi connectivity index (χ3n) is 2.86. The molecule has 3 aromatic rings. The van der Waals surface area contributed by atoms with E-state index >= 15 is 0 Å². The molecule has 0 spiro atoms. The van der Waals surface area contributed by atoms with E-state index < -0.39 is 5.82 Å². The van der Waals surface area contributed by atoms with Gasteiger partial charge in [0, 0.05) is 5.69 Å². The van der Waals surface area contributed by atoms with E-state index in [4.69, 9.17) is 14.9 Å². The van der Waals surface area contributed by atoms with Crippen molar-refractivity contribution in [3.8, 4) is 17.2 Å². The highest BCUT2D eigenvalue weighted by Crippen LogP contribution is 2.33. The number of nitrogens with two attached hydrogens (primary N) is 1. The van der Waals surface area contributed by atoms with Crippen molar-refractivity contribution in [1.82, 2.24) is 4.98 Å². The van der Waals surface area contributed by atoms with E-state index in [1.54, 1.807) is 31.4 Å². The summed E-state index contributed by atoms with van der Waals surface area (Å²) in [4.78, 5) is 4.26. The molecule has 3 rings (SSSR count). The second-order valence-electron chi connectivity index (χ2n) is 4.03. The fraction of sp³-hybridized carbons (Fsp3) is 0.0714. The highest BCUT2D eigenvalue weighted by molar-refractivity contribution is 5.84. The Kier molecular flexibility index (Phi) is 2.59. The molecule has 0 saturated heterocycles. The Morgan fingerprint density at radius 3 is 2.74 bits per heavy atom. The average molecular weight is 258 g/mol. The Morgan fingerprint density at radius 2 is 2.00 bits per heavy atom. The normalized spacial score (nSPS) is 10.8. The number of aromatic nitrogens is 1. The number of para-hydroxylation sites is 1. The topological polar surface area (TPSA) is 61.3 Å². The molecule has 4 nitrogen and oxygen atoms in total. The van der Waals surface area contributed by atoms with Gasteiger partial charge in [-0.05, 0) is 24.3 Å². The van der Waals surface area contributed by atoms with E-state index in [0.717, 1.165) is 0 Å². The molecule has 0 atom stereocenters. The number of benzene rings is 2. The standard InChI is InChI=1S/C14H11FN2O2/c1-18-10-6-3-7-11-13(10)17-14(19-11)12-8(15)4-2-5-9(12)16/h2-7H,16H2,1H3. The summed E-state index contributed by atoms with van der Waals surface area (Å²) in [6, 6.07) is 9.74. The van der Waals surface area contributed by atoms with Gasteiger partial charge >= 0.3 is 0 Å². The van der Waals surface area contributed by atoms with E-state index in [1.807, 2.05) is 0 Å². The Bertz CT molecular complexity index is 732. The van der Waals surface area contributed by atoms with Crippen LogP contribution in [0.1, 0.15) is 0 Å². The summed E-state index contributed by atoms with van der Waals surface area (Å²) in [5, 5.41) is 0. The third kappa shape index (κ3) is 1.79. The summed E-state index contributed by atoms with van der Waals surface area (Å²) in [6.45, 7) is 0. The van der Waals surface area contributed by atoms with Crippen molar-refractivity contribution < 1.29 is 13.5 Å². The molecule has 2 N–H and O–H groups in total. The SMILES string of the molecule is COc1cccc2oc(-c3c(N)cccc3F)nc12. The summed E-state index contributed by atoms with van der Waals surface area (Å²) in [7, 11) is 1.54. The van der Waals surface area contributed by atoms with Gasteiger partial charge in [0.1, 0.15) is 11.6 Å². The first-order valence-electron chi connectivity index (χ1n) is 5.68. The fourth-order valence-electron chi connectivity index (χ4n) is 1.96. The zero-order valence-corrected chi connectivity index (χ0v) is 10.2. The number of rotatable bonds is 2. The zero-order valence-electron chi connectivity index (χ0n) is 10.2. The van der Waals surface area contributed by atoms with Crippen molar-refractivity contribution >= 4 is 16.8 Å². The molecular weight excluding hydrogens is 247 g/mol. The second kappa shape index (κ2) is 4.28. The number of hydrogen-bond acceptors (Lipinski definition) is 4. The van der Waals surface area contributed by atoms with Gasteiger partial charge in [0.25, 0.3) is 0 Å². The third-order valence-corrected chi connectivity index (χ3v) is 2.86. The van der Waals surface area contributed by atoms with E-state index in [-0.39, 0.29) is 17.1 Å². The molecule has 0 radical (unpaired) electrons. The van der Waals surface area contributed by atoms with E-state index in [2.05, 4.69) is 4.98 Å². The van der Waals surface area contributed by atoms with Gasteiger partial charge < -0.3 is 14.9 Å². The quantitative estimate of drug-likeness (QED) is 0.717. The minimum atomic E-state index is -0.467. The largest absolute Gasteiger partial charge is 0.494 e. The Labute approximate surface area is 108 Å². The molecule has 1 heterocycles. The summed E-state index contributed by atoms with van der Waals surface area (Å²) in [5.74, 6) is 0.253. The molecule has 19 heavy (non-hydrogen) atoms. The number of ether oxygens (including phenoxy) is 1. The van der Waals surface area contributed by atoms with Crippen LogP contribution in [0.5, 0.6) is 5.75 Å². The monoisotopic (exact) mass is 258 g/mol. The van der Waals surface area contributed by atoms with Crippen molar-refractivity contribution in [2.75, 3.05) is 12.8 Å². The van der Waals surface area contributed by atoms with Crippen LogP contribution in [0.2, 0.25) is 0 Å². The lowest BCUT2D eigenvalue weighted by Crippen LogP contribution is -1.93. The van der Waals surface area contributed by atoms with Gasteiger partial charge in [-0.2, -0.15) is 0 Å². The molecule has 0 bridgehead atoms. The lowest BCUT2D eigenvalue weighted by Gasteiger charge is -2.01. The number of methoxy groups -OCH3 is 1. The zero-order chi connectivity index (χ0) is 13.4. The molecule has 5 heteroatoms. The summed E-state index contributed by atoms with van der Waals surface area (Å²) < 4.78 is 24.6. The van der Waals surface area contributed by atoms with Crippen molar-refractivity contribution in [3.63, 3.8) is 0 Å².